The first kappa shape index (κ1) is 17.2. The molecule has 1 heterocycles. The predicted octanol–water partition coefficient (Wildman–Crippen LogP) is 1.91. The van der Waals surface area contributed by atoms with E-state index in [0.717, 1.165) is 30.7 Å². The topological polar surface area (TPSA) is 76.4 Å². The molecule has 0 spiro atoms. The molecule has 1 aliphatic carbocycles. The zero-order chi connectivity index (χ0) is 17.6. The third-order valence-electron chi connectivity index (χ3n) is 4.42. The van der Waals surface area contributed by atoms with Crippen LogP contribution in [-0.4, -0.2) is 39.0 Å². The largest absolute Gasteiger partial charge is 0.488 e. The lowest BCUT2D eigenvalue weighted by molar-refractivity contribution is -0.119. The summed E-state index contributed by atoms with van der Waals surface area (Å²) in [5.74, 6) is 0.500. The van der Waals surface area contributed by atoms with E-state index in [1.165, 1.54) is 6.08 Å². The molecule has 6 nitrogen and oxygen atoms in total. The number of hydrogen-bond acceptors (Lipinski definition) is 4. The van der Waals surface area contributed by atoms with Gasteiger partial charge in [-0.15, -0.1) is 0 Å². The second-order valence-electron chi connectivity index (χ2n) is 6.22. The van der Waals surface area contributed by atoms with Crippen LogP contribution in [0.15, 0.2) is 48.7 Å². The van der Waals surface area contributed by atoms with Gasteiger partial charge < -0.3 is 15.2 Å². The molecule has 6 heteroatoms. The van der Waals surface area contributed by atoms with Gasteiger partial charge in [-0.05, 0) is 43.5 Å². The standard InChI is InChI=1S/C19H23N3O3/c1-22-14(12-13-20-22)10-11-18(23)21-16-8-5-9-17(19(16)24)25-15-6-3-2-4-7-15/h2-4,6-7,10-13,16-17,19,24H,5,8-9H2,1H3,(H,21,23)/b11-10+/t16-,17-,19-/m1/s1. The molecule has 2 N–H and O–H groups in total. The molecule has 0 bridgehead atoms. The number of rotatable bonds is 5. The molecule has 1 aromatic carbocycles. The summed E-state index contributed by atoms with van der Waals surface area (Å²) < 4.78 is 7.57. The molecule has 1 aliphatic rings. The van der Waals surface area contributed by atoms with Crippen molar-refractivity contribution in [3.63, 3.8) is 0 Å². The molecule has 0 unspecified atom stereocenters. The van der Waals surface area contributed by atoms with Gasteiger partial charge in [0.1, 0.15) is 18.0 Å². The molecule has 0 aliphatic heterocycles. The molecule has 0 saturated heterocycles. The number of para-hydroxylation sites is 1. The minimum absolute atomic E-state index is 0.231. The Labute approximate surface area is 147 Å². The molecule has 1 amide bonds. The number of amides is 1. The van der Waals surface area contributed by atoms with Crippen LogP contribution in [0.4, 0.5) is 0 Å². The van der Waals surface area contributed by atoms with E-state index < -0.39 is 6.10 Å². The summed E-state index contributed by atoms with van der Waals surface area (Å²) in [5.41, 5.74) is 0.838. The lowest BCUT2D eigenvalue weighted by atomic mass is 9.89. The van der Waals surface area contributed by atoms with Crippen molar-refractivity contribution in [1.82, 2.24) is 15.1 Å². The van der Waals surface area contributed by atoms with Gasteiger partial charge in [0, 0.05) is 19.3 Å². The second kappa shape index (κ2) is 7.98. The monoisotopic (exact) mass is 341 g/mol. The SMILES string of the molecule is Cn1nccc1/C=C/C(=O)N[C@@H]1CCC[C@@H](Oc2ccccc2)[C@@H]1O. The van der Waals surface area contributed by atoms with Gasteiger partial charge in [0.15, 0.2) is 0 Å². The molecule has 132 valence electrons. The van der Waals surface area contributed by atoms with Crippen molar-refractivity contribution >= 4 is 12.0 Å². The highest BCUT2D eigenvalue weighted by molar-refractivity contribution is 5.91. The molecule has 1 fully saturated rings. The first-order chi connectivity index (χ1) is 12.1. The average Bonchev–Trinajstić information content (AvgIpc) is 3.03. The van der Waals surface area contributed by atoms with Gasteiger partial charge in [-0.25, -0.2) is 0 Å². The van der Waals surface area contributed by atoms with Gasteiger partial charge in [-0.2, -0.15) is 5.10 Å². The molecule has 1 saturated carbocycles. The number of aliphatic hydroxyl groups excluding tert-OH is 1. The summed E-state index contributed by atoms with van der Waals surface area (Å²) in [6, 6.07) is 11.0. The Morgan fingerprint density at radius 3 is 2.84 bits per heavy atom. The van der Waals surface area contributed by atoms with Gasteiger partial charge in [0.2, 0.25) is 5.91 Å². The van der Waals surface area contributed by atoms with Crippen molar-refractivity contribution in [3.05, 3.63) is 54.4 Å². The average molecular weight is 341 g/mol. The number of aliphatic hydroxyl groups is 1. The molecule has 1 aromatic heterocycles. The lowest BCUT2D eigenvalue weighted by Crippen LogP contribution is -2.52. The highest BCUT2D eigenvalue weighted by Gasteiger charge is 2.34. The summed E-state index contributed by atoms with van der Waals surface area (Å²) in [4.78, 5) is 12.1. The fraction of sp³-hybridized carbons (Fsp3) is 0.368. The van der Waals surface area contributed by atoms with E-state index in [4.69, 9.17) is 4.74 Å². The number of nitrogens with one attached hydrogen (secondary N) is 1. The first-order valence-corrected chi connectivity index (χ1v) is 8.50. The van der Waals surface area contributed by atoms with Crippen LogP contribution in [0.1, 0.15) is 25.0 Å². The van der Waals surface area contributed by atoms with Crippen LogP contribution >= 0.6 is 0 Å². The van der Waals surface area contributed by atoms with Crippen LogP contribution in [0.2, 0.25) is 0 Å². The number of nitrogens with zero attached hydrogens (tertiary/aromatic N) is 2. The van der Waals surface area contributed by atoms with Crippen LogP contribution in [-0.2, 0) is 11.8 Å². The molecule has 0 radical (unpaired) electrons. The number of benzene rings is 1. The highest BCUT2D eigenvalue weighted by atomic mass is 16.5. The minimum atomic E-state index is -0.733. The van der Waals surface area contributed by atoms with Crippen molar-refractivity contribution in [3.8, 4) is 5.75 Å². The zero-order valence-electron chi connectivity index (χ0n) is 14.2. The molecule has 3 atom stereocenters. The Bertz CT molecular complexity index is 727. The minimum Gasteiger partial charge on any atom is -0.488 e. The van der Waals surface area contributed by atoms with Crippen LogP contribution in [0.25, 0.3) is 6.08 Å². The van der Waals surface area contributed by atoms with Crippen molar-refractivity contribution in [2.45, 2.75) is 37.5 Å². The highest BCUT2D eigenvalue weighted by Crippen LogP contribution is 2.24. The number of aromatic nitrogens is 2. The summed E-state index contributed by atoms with van der Waals surface area (Å²) in [7, 11) is 1.81. The number of carbonyl (C=O) groups excluding carboxylic acids is 1. The van der Waals surface area contributed by atoms with Crippen LogP contribution in [0.3, 0.4) is 0 Å². The summed E-state index contributed by atoms with van der Waals surface area (Å²) in [5, 5.41) is 17.5. The quantitative estimate of drug-likeness (QED) is 0.815. The van der Waals surface area contributed by atoms with Gasteiger partial charge >= 0.3 is 0 Å². The Hall–Kier alpha value is -2.60. The Morgan fingerprint density at radius 1 is 1.32 bits per heavy atom. The fourth-order valence-corrected chi connectivity index (χ4v) is 3.04. The maximum absolute atomic E-state index is 12.1. The maximum atomic E-state index is 12.1. The van der Waals surface area contributed by atoms with E-state index in [9.17, 15) is 9.90 Å². The smallest absolute Gasteiger partial charge is 0.244 e. The van der Waals surface area contributed by atoms with E-state index in [0.29, 0.717) is 0 Å². The third-order valence-corrected chi connectivity index (χ3v) is 4.42. The van der Waals surface area contributed by atoms with E-state index in [-0.39, 0.29) is 18.1 Å². The number of carbonyl (C=O) groups is 1. The van der Waals surface area contributed by atoms with E-state index >= 15 is 0 Å². The van der Waals surface area contributed by atoms with Gasteiger partial charge in [-0.1, -0.05) is 18.2 Å². The first-order valence-electron chi connectivity index (χ1n) is 8.50. The number of hydrogen-bond donors (Lipinski definition) is 2. The fourth-order valence-electron chi connectivity index (χ4n) is 3.04. The predicted molar refractivity (Wildman–Crippen MR) is 94.9 cm³/mol. The maximum Gasteiger partial charge on any atom is 0.244 e. The summed E-state index contributed by atoms with van der Waals surface area (Å²) in [6.07, 6.45) is 6.19. The molecular formula is C19H23N3O3. The normalized spacial score (nSPS) is 23.5. The molecule has 25 heavy (non-hydrogen) atoms. The summed E-state index contributed by atoms with van der Waals surface area (Å²) >= 11 is 0. The van der Waals surface area contributed by atoms with Gasteiger partial charge in [-0.3, -0.25) is 9.48 Å². The molecule has 2 aromatic rings. The Balaban J connectivity index is 1.57. The van der Waals surface area contributed by atoms with Crippen molar-refractivity contribution in [2.24, 2.45) is 7.05 Å². The van der Waals surface area contributed by atoms with Crippen molar-refractivity contribution in [2.75, 3.05) is 0 Å². The van der Waals surface area contributed by atoms with E-state index in [1.54, 1.807) is 17.0 Å². The lowest BCUT2D eigenvalue weighted by Gasteiger charge is -2.35. The number of ether oxygens (including phenoxy) is 1. The third kappa shape index (κ3) is 4.48. The Morgan fingerprint density at radius 2 is 2.12 bits per heavy atom. The molecular weight excluding hydrogens is 318 g/mol. The van der Waals surface area contributed by atoms with E-state index in [2.05, 4.69) is 10.4 Å². The van der Waals surface area contributed by atoms with Gasteiger partial charge in [0.05, 0.1) is 11.7 Å². The second-order valence-corrected chi connectivity index (χ2v) is 6.22. The Kier molecular flexibility index (Phi) is 5.50. The van der Waals surface area contributed by atoms with Crippen molar-refractivity contribution in [1.29, 1.82) is 0 Å². The van der Waals surface area contributed by atoms with Gasteiger partial charge in [0.25, 0.3) is 0 Å². The summed E-state index contributed by atoms with van der Waals surface area (Å²) in [6.45, 7) is 0. The van der Waals surface area contributed by atoms with Crippen LogP contribution < -0.4 is 10.1 Å². The number of aryl methyl sites for hydroxylation is 1. The van der Waals surface area contributed by atoms with Crippen LogP contribution in [0.5, 0.6) is 5.75 Å². The van der Waals surface area contributed by atoms with E-state index in [1.807, 2.05) is 43.4 Å². The molecule has 3 rings (SSSR count). The van der Waals surface area contributed by atoms with Crippen molar-refractivity contribution < 1.29 is 14.6 Å². The zero-order valence-corrected chi connectivity index (χ0v) is 14.2. The van der Waals surface area contributed by atoms with Crippen LogP contribution in [0, 0.1) is 0 Å².